The van der Waals surface area contributed by atoms with E-state index in [4.69, 9.17) is 5.73 Å². The summed E-state index contributed by atoms with van der Waals surface area (Å²) in [5, 5.41) is 12.9. The number of halogens is 1. The summed E-state index contributed by atoms with van der Waals surface area (Å²) in [5.41, 5.74) is 7.67. The lowest BCUT2D eigenvalue weighted by molar-refractivity contribution is 0.249. The van der Waals surface area contributed by atoms with Gasteiger partial charge in [-0.05, 0) is 23.6 Å². The first-order valence-electron chi connectivity index (χ1n) is 5.02. The Morgan fingerprint density at radius 1 is 1.59 bits per heavy atom. The van der Waals surface area contributed by atoms with Crippen molar-refractivity contribution in [2.45, 2.75) is 19.8 Å². The van der Waals surface area contributed by atoms with E-state index in [0.717, 1.165) is 11.8 Å². The van der Waals surface area contributed by atoms with E-state index in [-0.39, 0.29) is 11.5 Å². The van der Waals surface area contributed by atoms with Crippen LogP contribution >= 0.6 is 0 Å². The molecule has 0 fully saturated rings. The van der Waals surface area contributed by atoms with Gasteiger partial charge in [0.15, 0.2) is 11.6 Å². The Balaban J connectivity index is 3.05. The zero-order valence-corrected chi connectivity index (χ0v) is 9.57. The van der Waals surface area contributed by atoms with Crippen LogP contribution in [0.4, 0.5) is 9.18 Å². The smallest absolute Gasteiger partial charge is 0.332 e. The monoisotopic (exact) mass is 239 g/mol. The number of benzene rings is 1. The summed E-state index contributed by atoms with van der Waals surface area (Å²) in [5.74, 6) is -1.12. The van der Waals surface area contributed by atoms with Crippen LogP contribution in [0.5, 0.6) is 5.75 Å². The minimum Gasteiger partial charge on any atom is -0.504 e. The molecule has 0 unspecified atom stereocenters. The molecule has 0 radical (unpaired) electrons. The molecule has 6 heteroatoms. The fraction of sp³-hybridized carbons (Fsp3) is 0.273. The molecular weight excluding hydrogens is 225 g/mol. The average molecular weight is 239 g/mol. The Morgan fingerprint density at radius 3 is 2.76 bits per heavy atom. The van der Waals surface area contributed by atoms with Crippen molar-refractivity contribution in [3.8, 4) is 5.75 Å². The van der Waals surface area contributed by atoms with E-state index in [1.165, 1.54) is 6.07 Å². The molecule has 0 aliphatic rings. The molecule has 92 valence electrons. The van der Waals surface area contributed by atoms with Crippen LogP contribution in [0, 0.1) is 5.82 Å². The van der Waals surface area contributed by atoms with Crippen molar-refractivity contribution >= 4 is 12.2 Å². The second kappa shape index (κ2) is 5.29. The Hall–Kier alpha value is -2.11. The molecule has 0 atom stereocenters. The topological polar surface area (TPSA) is 87.7 Å². The van der Waals surface area contributed by atoms with Crippen LogP contribution in [0.3, 0.4) is 0 Å². The summed E-state index contributed by atoms with van der Waals surface area (Å²) in [6, 6.07) is 2.02. The first kappa shape index (κ1) is 13.0. The number of amides is 2. The Kier molecular flexibility index (Phi) is 4.03. The number of nitrogens with one attached hydrogen (secondary N) is 1. The molecule has 2 amide bonds. The van der Waals surface area contributed by atoms with E-state index >= 15 is 0 Å². The molecule has 0 spiro atoms. The van der Waals surface area contributed by atoms with Crippen molar-refractivity contribution in [3.05, 3.63) is 29.1 Å². The van der Waals surface area contributed by atoms with Gasteiger partial charge in [0.05, 0.1) is 6.21 Å². The highest BCUT2D eigenvalue weighted by Gasteiger charge is 2.10. The number of rotatable bonds is 3. The van der Waals surface area contributed by atoms with Crippen molar-refractivity contribution in [2.75, 3.05) is 0 Å². The van der Waals surface area contributed by atoms with Crippen LogP contribution < -0.4 is 11.2 Å². The number of primary amides is 1. The minimum absolute atomic E-state index is 0.112. The van der Waals surface area contributed by atoms with Crippen molar-refractivity contribution < 1.29 is 14.3 Å². The van der Waals surface area contributed by atoms with Crippen LogP contribution in [-0.2, 0) is 0 Å². The number of carbonyl (C=O) groups is 1. The summed E-state index contributed by atoms with van der Waals surface area (Å²) >= 11 is 0. The van der Waals surface area contributed by atoms with Gasteiger partial charge < -0.3 is 10.8 Å². The maximum Gasteiger partial charge on any atom is 0.332 e. The van der Waals surface area contributed by atoms with Crippen LogP contribution in [0.15, 0.2) is 17.2 Å². The van der Waals surface area contributed by atoms with Gasteiger partial charge in [-0.25, -0.2) is 14.6 Å². The lowest BCUT2D eigenvalue weighted by atomic mass is 10.0. The number of hydrazone groups is 1. The molecule has 0 aliphatic carbocycles. The molecule has 0 aromatic heterocycles. The summed E-state index contributed by atoms with van der Waals surface area (Å²) in [6.45, 7) is 3.79. The molecular formula is C11H14FN3O2. The van der Waals surface area contributed by atoms with Crippen LogP contribution in [0.25, 0.3) is 0 Å². The summed E-state index contributed by atoms with van der Waals surface area (Å²) in [7, 11) is 0. The van der Waals surface area contributed by atoms with Gasteiger partial charge in [0.25, 0.3) is 0 Å². The highest BCUT2D eigenvalue weighted by molar-refractivity contribution is 5.85. The van der Waals surface area contributed by atoms with Gasteiger partial charge in [0.2, 0.25) is 0 Å². The first-order valence-corrected chi connectivity index (χ1v) is 5.02. The molecule has 1 aromatic rings. The van der Waals surface area contributed by atoms with Gasteiger partial charge in [-0.15, -0.1) is 0 Å². The third-order valence-electron chi connectivity index (χ3n) is 2.16. The van der Waals surface area contributed by atoms with E-state index < -0.39 is 17.6 Å². The predicted octanol–water partition coefficient (Wildman–Crippen LogP) is 1.66. The Bertz CT molecular complexity index is 458. The third kappa shape index (κ3) is 3.44. The van der Waals surface area contributed by atoms with Gasteiger partial charge >= 0.3 is 6.03 Å². The number of phenolic OH excluding ortho intramolecular Hbond substituents is 1. The molecule has 0 aliphatic heterocycles. The normalized spacial score (nSPS) is 11.1. The number of phenols is 1. The highest BCUT2D eigenvalue weighted by Crippen LogP contribution is 2.25. The Morgan fingerprint density at radius 2 is 2.24 bits per heavy atom. The molecule has 1 rings (SSSR count). The number of hydrogen-bond acceptors (Lipinski definition) is 3. The Labute approximate surface area is 98.1 Å². The van der Waals surface area contributed by atoms with Crippen molar-refractivity contribution in [1.82, 2.24) is 5.43 Å². The second-order valence-electron chi connectivity index (χ2n) is 3.83. The molecule has 17 heavy (non-hydrogen) atoms. The second-order valence-corrected chi connectivity index (χ2v) is 3.83. The minimum atomic E-state index is -0.832. The van der Waals surface area contributed by atoms with Gasteiger partial charge in [0.1, 0.15) is 0 Å². The summed E-state index contributed by atoms with van der Waals surface area (Å²) in [6.07, 6.45) is 1.13. The zero-order chi connectivity index (χ0) is 13.0. The number of aromatic hydroxyl groups is 1. The molecule has 4 N–H and O–H groups in total. The largest absolute Gasteiger partial charge is 0.504 e. The predicted molar refractivity (Wildman–Crippen MR) is 62.5 cm³/mol. The number of urea groups is 1. The van der Waals surface area contributed by atoms with Crippen molar-refractivity contribution in [2.24, 2.45) is 10.8 Å². The van der Waals surface area contributed by atoms with Crippen LogP contribution in [0.1, 0.15) is 30.9 Å². The molecule has 0 heterocycles. The maximum atomic E-state index is 13.4. The average Bonchev–Trinajstić information content (AvgIpc) is 2.23. The standard InChI is InChI=1S/C11H14FN3O2/c1-6(2)7-3-8(5-14-15-11(13)17)10(16)9(12)4-7/h3-6,16H,1-2H3,(H3,13,15,17)/b14-5+. The first-order chi connectivity index (χ1) is 7.91. The van der Waals surface area contributed by atoms with E-state index in [1.54, 1.807) is 6.07 Å². The molecule has 5 nitrogen and oxygen atoms in total. The molecule has 0 saturated carbocycles. The quantitative estimate of drug-likeness (QED) is 0.553. The fourth-order valence-corrected chi connectivity index (χ4v) is 1.24. The van der Waals surface area contributed by atoms with Gasteiger partial charge in [-0.3, -0.25) is 0 Å². The van der Waals surface area contributed by atoms with Crippen LogP contribution in [0.2, 0.25) is 0 Å². The lowest BCUT2D eigenvalue weighted by Crippen LogP contribution is -2.24. The third-order valence-corrected chi connectivity index (χ3v) is 2.16. The summed E-state index contributed by atoms with van der Waals surface area (Å²) in [4.78, 5) is 10.4. The van der Waals surface area contributed by atoms with E-state index in [0.29, 0.717) is 0 Å². The van der Waals surface area contributed by atoms with E-state index in [9.17, 15) is 14.3 Å². The van der Waals surface area contributed by atoms with Gasteiger partial charge in [-0.1, -0.05) is 13.8 Å². The zero-order valence-electron chi connectivity index (χ0n) is 9.57. The van der Waals surface area contributed by atoms with Crippen molar-refractivity contribution in [1.29, 1.82) is 0 Å². The fourth-order valence-electron chi connectivity index (χ4n) is 1.24. The number of nitrogens with two attached hydrogens (primary N) is 1. The molecule has 0 bridgehead atoms. The van der Waals surface area contributed by atoms with Crippen LogP contribution in [-0.4, -0.2) is 17.4 Å². The maximum absolute atomic E-state index is 13.4. The van der Waals surface area contributed by atoms with Gasteiger partial charge in [0, 0.05) is 5.56 Å². The number of nitrogens with zero attached hydrogens (tertiary/aromatic N) is 1. The number of carbonyl (C=O) groups excluding carboxylic acids is 1. The highest BCUT2D eigenvalue weighted by atomic mass is 19.1. The molecule has 0 saturated heterocycles. The van der Waals surface area contributed by atoms with Crippen molar-refractivity contribution in [3.63, 3.8) is 0 Å². The lowest BCUT2D eigenvalue weighted by Gasteiger charge is -2.08. The van der Waals surface area contributed by atoms with E-state index in [2.05, 4.69) is 5.10 Å². The molecule has 1 aromatic carbocycles. The number of hydrogen-bond donors (Lipinski definition) is 3. The SMILES string of the molecule is CC(C)c1cc(F)c(O)c(/C=N/NC(N)=O)c1. The van der Waals surface area contributed by atoms with Gasteiger partial charge in [-0.2, -0.15) is 5.10 Å². The summed E-state index contributed by atoms with van der Waals surface area (Å²) < 4.78 is 13.4. The van der Waals surface area contributed by atoms with E-state index in [1.807, 2.05) is 19.3 Å².